The SMILES string of the molecule is Cc1ccc2c(c1)c1ccccc1n2-c1ccc(Cl)cc1. The molecule has 0 radical (unpaired) electrons. The first-order valence-corrected chi connectivity index (χ1v) is 7.37. The highest BCUT2D eigenvalue weighted by atomic mass is 35.5. The summed E-state index contributed by atoms with van der Waals surface area (Å²) in [4.78, 5) is 0. The van der Waals surface area contributed by atoms with Gasteiger partial charge in [0.05, 0.1) is 11.0 Å². The van der Waals surface area contributed by atoms with Crippen LogP contribution in [-0.2, 0) is 0 Å². The average molecular weight is 292 g/mol. The fourth-order valence-corrected chi connectivity index (χ4v) is 3.08. The minimum absolute atomic E-state index is 0.760. The predicted molar refractivity (Wildman–Crippen MR) is 90.5 cm³/mol. The number of halogens is 1. The first-order chi connectivity index (χ1) is 10.2. The molecule has 21 heavy (non-hydrogen) atoms. The molecule has 0 N–H and O–H groups in total. The van der Waals surface area contributed by atoms with E-state index in [4.69, 9.17) is 11.6 Å². The molecule has 3 aromatic carbocycles. The Labute approximate surface area is 128 Å². The molecule has 0 amide bonds. The number of nitrogens with zero attached hydrogens (tertiary/aromatic N) is 1. The Kier molecular flexibility index (Phi) is 2.76. The third-order valence-corrected chi connectivity index (χ3v) is 4.16. The fourth-order valence-electron chi connectivity index (χ4n) is 2.96. The molecule has 0 aliphatic heterocycles. The first kappa shape index (κ1) is 12.5. The van der Waals surface area contributed by atoms with Crippen LogP contribution in [0.1, 0.15) is 5.56 Å². The van der Waals surface area contributed by atoms with E-state index >= 15 is 0 Å². The van der Waals surface area contributed by atoms with Crippen LogP contribution in [-0.4, -0.2) is 4.57 Å². The normalized spacial score (nSPS) is 11.3. The van der Waals surface area contributed by atoms with E-state index in [2.05, 4.69) is 66.1 Å². The summed E-state index contributed by atoms with van der Waals surface area (Å²) >= 11 is 6.02. The molecule has 0 aliphatic rings. The maximum atomic E-state index is 6.02. The molecule has 4 rings (SSSR count). The van der Waals surface area contributed by atoms with E-state index in [1.807, 2.05) is 12.1 Å². The van der Waals surface area contributed by atoms with Gasteiger partial charge in [0.15, 0.2) is 0 Å². The third kappa shape index (κ3) is 1.93. The number of hydrogen-bond donors (Lipinski definition) is 0. The van der Waals surface area contributed by atoms with E-state index in [0.29, 0.717) is 0 Å². The number of para-hydroxylation sites is 1. The van der Waals surface area contributed by atoms with E-state index in [9.17, 15) is 0 Å². The number of fused-ring (bicyclic) bond motifs is 3. The molecule has 0 spiro atoms. The Morgan fingerprint density at radius 1 is 0.762 bits per heavy atom. The summed E-state index contributed by atoms with van der Waals surface area (Å²) in [6, 6.07) is 23.1. The minimum atomic E-state index is 0.760. The summed E-state index contributed by atoms with van der Waals surface area (Å²) in [6.07, 6.45) is 0. The van der Waals surface area contributed by atoms with Gasteiger partial charge in [0.1, 0.15) is 0 Å². The predicted octanol–water partition coefficient (Wildman–Crippen LogP) is 5.75. The van der Waals surface area contributed by atoms with Gasteiger partial charge in [0, 0.05) is 21.5 Å². The molecule has 0 unspecified atom stereocenters. The van der Waals surface area contributed by atoms with Crippen molar-refractivity contribution in [2.24, 2.45) is 0 Å². The number of benzene rings is 3. The van der Waals surface area contributed by atoms with Crippen molar-refractivity contribution in [3.63, 3.8) is 0 Å². The zero-order valence-corrected chi connectivity index (χ0v) is 12.4. The second kappa shape index (κ2) is 4.64. The summed E-state index contributed by atoms with van der Waals surface area (Å²) in [7, 11) is 0. The fraction of sp³-hybridized carbons (Fsp3) is 0.0526. The smallest absolute Gasteiger partial charge is 0.0541 e. The zero-order chi connectivity index (χ0) is 14.4. The molecule has 0 bridgehead atoms. The maximum Gasteiger partial charge on any atom is 0.0541 e. The van der Waals surface area contributed by atoms with E-state index in [0.717, 1.165) is 10.7 Å². The lowest BCUT2D eigenvalue weighted by Crippen LogP contribution is -1.93. The quantitative estimate of drug-likeness (QED) is 0.421. The Morgan fingerprint density at radius 2 is 1.48 bits per heavy atom. The lowest BCUT2D eigenvalue weighted by atomic mass is 10.1. The molecule has 0 saturated heterocycles. The second-order valence-electron chi connectivity index (χ2n) is 5.35. The van der Waals surface area contributed by atoms with E-state index in [1.165, 1.54) is 27.4 Å². The van der Waals surface area contributed by atoms with Gasteiger partial charge in [-0.25, -0.2) is 0 Å². The molecular formula is C19H14ClN. The van der Waals surface area contributed by atoms with Crippen LogP contribution >= 0.6 is 11.6 Å². The molecule has 1 heterocycles. The number of hydrogen-bond acceptors (Lipinski definition) is 0. The van der Waals surface area contributed by atoms with Crippen molar-refractivity contribution < 1.29 is 0 Å². The molecule has 0 saturated carbocycles. The van der Waals surface area contributed by atoms with Gasteiger partial charge in [-0.1, -0.05) is 41.4 Å². The number of rotatable bonds is 1. The highest BCUT2D eigenvalue weighted by Gasteiger charge is 2.11. The average Bonchev–Trinajstić information content (AvgIpc) is 2.82. The van der Waals surface area contributed by atoms with E-state index in [1.54, 1.807) is 0 Å². The summed E-state index contributed by atoms with van der Waals surface area (Å²) in [6.45, 7) is 2.13. The van der Waals surface area contributed by atoms with Crippen molar-refractivity contribution in [2.75, 3.05) is 0 Å². The van der Waals surface area contributed by atoms with Gasteiger partial charge in [-0.2, -0.15) is 0 Å². The van der Waals surface area contributed by atoms with Gasteiger partial charge in [-0.15, -0.1) is 0 Å². The topological polar surface area (TPSA) is 4.93 Å². The first-order valence-electron chi connectivity index (χ1n) is 7.00. The second-order valence-corrected chi connectivity index (χ2v) is 5.79. The van der Waals surface area contributed by atoms with Crippen molar-refractivity contribution in [3.05, 3.63) is 77.3 Å². The summed E-state index contributed by atoms with van der Waals surface area (Å²) < 4.78 is 2.29. The summed E-state index contributed by atoms with van der Waals surface area (Å²) in [5.74, 6) is 0. The van der Waals surface area contributed by atoms with Gasteiger partial charge in [0.25, 0.3) is 0 Å². The Bertz CT molecular complexity index is 949. The number of aryl methyl sites for hydroxylation is 1. The van der Waals surface area contributed by atoms with Crippen LogP contribution in [0.3, 0.4) is 0 Å². The van der Waals surface area contributed by atoms with Crippen molar-refractivity contribution in [2.45, 2.75) is 6.92 Å². The van der Waals surface area contributed by atoms with Gasteiger partial charge in [-0.05, 0) is 49.4 Å². The molecule has 2 heteroatoms. The lowest BCUT2D eigenvalue weighted by Gasteiger charge is -2.07. The van der Waals surface area contributed by atoms with Crippen molar-refractivity contribution >= 4 is 33.4 Å². The lowest BCUT2D eigenvalue weighted by molar-refractivity contribution is 1.18. The highest BCUT2D eigenvalue weighted by Crippen LogP contribution is 2.32. The monoisotopic (exact) mass is 291 g/mol. The highest BCUT2D eigenvalue weighted by molar-refractivity contribution is 6.30. The molecule has 1 aromatic heterocycles. The van der Waals surface area contributed by atoms with Gasteiger partial charge < -0.3 is 4.57 Å². The van der Waals surface area contributed by atoms with Gasteiger partial charge in [-0.3, -0.25) is 0 Å². The zero-order valence-electron chi connectivity index (χ0n) is 11.7. The van der Waals surface area contributed by atoms with Crippen LogP contribution in [0.4, 0.5) is 0 Å². The van der Waals surface area contributed by atoms with E-state index < -0.39 is 0 Å². The molecular weight excluding hydrogens is 278 g/mol. The molecule has 1 nitrogen and oxygen atoms in total. The van der Waals surface area contributed by atoms with Crippen LogP contribution in [0.2, 0.25) is 5.02 Å². The van der Waals surface area contributed by atoms with Crippen LogP contribution in [0.25, 0.3) is 27.5 Å². The molecule has 102 valence electrons. The maximum absolute atomic E-state index is 6.02. The number of aromatic nitrogens is 1. The molecule has 0 aliphatic carbocycles. The minimum Gasteiger partial charge on any atom is -0.309 e. The van der Waals surface area contributed by atoms with Crippen LogP contribution in [0.5, 0.6) is 0 Å². The Morgan fingerprint density at radius 3 is 2.29 bits per heavy atom. The van der Waals surface area contributed by atoms with Crippen molar-refractivity contribution in [1.29, 1.82) is 0 Å². The Balaban J connectivity index is 2.17. The molecule has 0 fully saturated rings. The molecule has 4 aromatic rings. The largest absolute Gasteiger partial charge is 0.309 e. The summed E-state index contributed by atoms with van der Waals surface area (Å²) in [5.41, 5.74) is 4.86. The van der Waals surface area contributed by atoms with Crippen molar-refractivity contribution in [1.82, 2.24) is 4.57 Å². The van der Waals surface area contributed by atoms with Crippen LogP contribution in [0.15, 0.2) is 66.7 Å². The van der Waals surface area contributed by atoms with Crippen LogP contribution in [0, 0.1) is 6.92 Å². The molecule has 0 atom stereocenters. The standard InChI is InChI=1S/C19H14ClN/c1-13-6-11-19-17(12-13)16-4-2-3-5-18(16)21(19)15-9-7-14(20)8-10-15/h2-12H,1H3. The Hall–Kier alpha value is -2.25. The van der Waals surface area contributed by atoms with Crippen molar-refractivity contribution in [3.8, 4) is 5.69 Å². The summed E-state index contributed by atoms with van der Waals surface area (Å²) in [5, 5.41) is 3.34. The van der Waals surface area contributed by atoms with E-state index in [-0.39, 0.29) is 0 Å². The van der Waals surface area contributed by atoms with Gasteiger partial charge in [0.2, 0.25) is 0 Å². The van der Waals surface area contributed by atoms with Gasteiger partial charge >= 0.3 is 0 Å². The third-order valence-electron chi connectivity index (χ3n) is 3.91. The van der Waals surface area contributed by atoms with Crippen LogP contribution < -0.4 is 0 Å².